The van der Waals surface area contributed by atoms with Crippen molar-refractivity contribution in [3.63, 3.8) is 0 Å². The monoisotopic (exact) mass is 358 g/mol. The number of hydrogen-bond acceptors (Lipinski definition) is 4. The van der Waals surface area contributed by atoms with Gasteiger partial charge in [-0.25, -0.2) is 9.97 Å². The second-order valence-electron chi connectivity index (χ2n) is 6.70. The topological polar surface area (TPSA) is 58.1 Å². The smallest absolute Gasteiger partial charge is 0.257 e. The third-order valence-corrected chi connectivity index (χ3v) is 4.86. The van der Waals surface area contributed by atoms with Gasteiger partial charge < -0.3 is 10.2 Å². The number of nitrogens with one attached hydrogen (secondary N) is 1. The normalized spacial score (nSPS) is 13.1. The molecule has 0 aliphatic carbocycles. The number of rotatable bonds is 5. The Balaban J connectivity index is 1.34. The molecule has 0 saturated heterocycles. The van der Waals surface area contributed by atoms with Crippen molar-refractivity contribution in [2.45, 2.75) is 19.4 Å². The molecule has 0 spiro atoms. The van der Waals surface area contributed by atoms with Crippen molar-refractivity contribution in [1.82, 2.24) is 14.9 Å². The number of carbonyl (C=O) groups is 1. The molecule has 4 rings (SSSR count). The number of anilines is 1. The fourth-order valence-corrected chi connectivity index (χ4v) is 3.34. The number of carbonyl (C=O) groups excluding carboxylic acids is 1. The Kier molecular flexibility index (Phi) is 5.10. The van der Waals surface area contributed by atoms with E-state index < -0.39 is 0 Å². The van der Waals surface area contributed by atoms with Gasteiger partial charge in [0, 0.05) is 32.0 Å². The van der Waals surface area contributed by atoms with E-state index in [-0.39, 0.29) is 5.91 Å². The molecule has 2 heterocycles. The lowest BCUT2D eigenvalue weighted by atomic mass is 9.99. The van der Waals surface area contributed by atoms with Crippen molar-refractivity contribution >= 4 is 11.9 Å². The number of amides is 1. The molecular formula is C22H22N4O. The second-order valence-corrected chi connectivity index (χ2v) is 6.70. The maximum Gasteiger partial charge on any atom is 0.257 e. The Morgan fingerprint density at radius 3 is 2.44 bits per heavy atom. The molecule has 0 saturated carbocycles. The highest BCUT2D eigenvalue weighted by Crippen LogP contribution is 2.20. The van der Waals surface area contributed by atoms with Gasteiger partial charge in [-0.05, 0) is 29.5 Å². The van der Waals surface area contributed by atoms with E-state index in [4.69, 9.17) is 0 Å². The van der Waals surface area contributed by atoms with Crippen molar-refractivity contribution in [3.05, 3.63) is 89.2 Å². The lowest BCUT2D eigenvalue weighted by molar-refractivity contribution is 0.0734. The van der Waals surface area contributed by atoms with E-state index in [1.165, 1.54) is 16.7 Å². The lowest BCUT2D eigenvalue weighted by Gasteiger charge is -2.28. The van der Waals surface area contributed by atoms with Gasteiger partial charge in [-0.1, -0.05) is 54.6 Å². The van der Waals surface area contributed by atoms with Gasteiger partial charge in [0.05, 0.1) is 5.56 Å². The van der Waals surface area contributed by atoms with Crippen LogP contribution >= 0.6 is 0 Å². The van der Waals surface area contributed by atoms with Crippen LogP contribution in [0.15, 0.2) is 67.0 Å². The molecule has 0 unspecified atom stereocenters. The van der Waals surface area contributed by atoms with Gasteiger partial charge in [-0.15, -0.1) is 0 Å². The lowest BCUT2D eigenvalue weighted by Crippen LogP contribution is -2.36. The van der Waals surface area contributed by atoms with E-state index in [1.807, 2.05) is 35.2 Å². The van der Waals surface area contributed by atoms with Crippen molar-refractivity contribution in [1.29, 1.82) is 0 Å². The fourth-order valence-electron chi connectivity index (χ4n) is 3.34. The van der Waals surface area contributed by atoms with Crippen LogP contribution in [0.3, 0.4) is 0 Å². The van der Waals surface area contributed by atoms with E-state index in [9.17, 15) is 4.79 Å². The Morgan fingerprint density at radius 2 is 1.67 bits per heavy atom. The number of benzene rings is 2. The highest BCUT2D eigenvalue weighted by molar-refractivity contribution is 5.93. The van der Waals surface area contributed by atoms with E-state index in [0.29, 0.717) is 18.1 Å². The summed E-state index contributed by atoms with van der Waals surface area (Å²) in [6.07, 6.45) is 5.02. The zero-order valence-corrected chi connectivity index (χ0v) is 15.1. The van der Waals surface area contributed by atoms with Crippen LogP contribution in [-0.2, 0) is 19.4 Å². The summed E-state index contributed by atoms with van der Waals surface area (Å²) in [7, 11) is 0. The quantitative estimate of drug-likeness (QED) is 0.760. The van der Waals surface area contributed by atoms with Crippen molar-refractivity contribution in [2.75, 3.05) is 18.4 Å². The summed E-state index contributed by atoms with van der Waals surface area (Å²) in [6, 6.07) is 18.6. The van der Waals surface area contributed by atoms with Gasteiger partial charge in [0.25, 0.3) is 5.91 Å². The molecule has 1 aliphatic heterocycles. The van der Waals surface area contributed by atoms with Crippen LogP contribution < -0.4 is 5.32 Å². The minimum Gasteiger partial charge on any atom is -0.354 e. The van der Waals surface area contributed by atoms with Crippen LogP contribution in [0.1, 0.15) is 27.0 Å². The highest BCUT2D eigenvalue weighted by Gasteiger charge is 2.21. The summed E-state index contributed by atoms with van der Waals surface area (Å²) in [5.41, 5.74) is 4.35. The van der Waals surface area contributed by atoms with Crippen LogP contribution in [0.5, 0.6) is 0 Å². The van der Waals surface area contributed by atoms with Gasteiger partial charge in [0.2, 0.25) is 5.95 Å². The molecule has 0 fully saturated rings. The van der Waals surface area contributed by atoms with E-state index in [1.54, 1.807) is 12.4 Å². The zero-order chi connectivity index (χ0) is 18.5. The molecule has 3 aromatic rings. The molecule has 5 heteroatoms. The van der Waals surface area contributed by atoms with Crippen LogP contribution in [0, 0.1) is 0 Å². The van der Waals surface area contributed by atoms with Crippen molar-refractivity contribution in [3.8, 4) is 0 Å². The van der Waals surface area contributed by atoms with Gasteiger partial charge in [-0.3, -0.25) is 4.79 Å². The molecule has 1 aromatic heterocycles. The van der Waals surface area contributed by atoms with Gasteiger partial charge in [-0.2, -0.15) is 0 Å². The molecule has 1 aliphatic rings. The number of nitrogens with zero attached hydrogens (tertiary/aromatic N) is 3. The number of hydrogen-bond donors (Lipinski definition) is 1. The average Bonchev–Trinajstić information content (AvgIpc) is 2.74. The highest BCUT2D eigenvalue weighted by atomic mass is 16.2. The van der Waals surface area contributed by atoms with E-state index >= 15 is 0 Å². The van der Waals surface area contributed by atoms with Crippen LogP contribution in [-0.4, -0.2) is 33.9 Å². The number of fused-ring (bicyclic) bond motifs is 1. The molecule has 2 aromatic carbocycles. The molecule has 27 heavy (non-hydrogen) atoms. The third kappa shape index (κ3) is 4.14. The SMILES string of the molecule is O=C(c1cnc(NCCc2ccccc2)nc1)N1CCc2ccccc2C1. The predicted molar refractivity (Wildman–Crippen MR) is 106 cm³/mol. The largest absolute Gasteiger partial charge is 0.354 e. The molecule has 0 atom stereocenters. The minimum atomic E-state index is -0.0136. The van der Waals surface area contributed by atoms with E-state index in [2.05, 4.69) is 39.6 Å². The Labute approximate surface area is 159 Å². The predicted octanol–water partition coefficient (Wildman–Crippen LogP) is 3.33. The van der Waals surface area contributed by atoms with Gasteiger partial charge >= 0.3 is 0 Å². The first kappa shape index (κ1) is 17.2. The van der Waals surface area contributed by atoms with Crippen LogP contribution in [0.2, 0.25) is 0 Å². The van der Waals surface area contributed by atoms with Gasteiger partial charge in [0.15, 0.2) is 0 Å². The van der Waals surface area contributed by atoms with Crippen LogP contribution in [0.25, 0.3) is 0 Å². The molecule has 0 radical (unpaired) electrons. The molecule has 1 N–H and O–H groups in total. The number of aromatic nitrogens is 2. The first-order valence-corrected chi connectivity index (χ1v) is 9.25. The summed E-state index contributed by atoms with van der Waals surface area (Å²) in [6.45, 7) is 2.12. The third-order valence-electron chi connectivity index (χ3n) is 4.86. The Hall–Kier alpha value is -3.21. The second kappa shape index (κ2) is 7.99. The zero-order valence-electron chi connectivity index (χ0n) is 15.1. The molecule has 5 nitrogen and oxygen atoms in total. The molecule has 0 bridgehead atoms. The fraction of sp³-hybridized carbons (Fsp3) is 0.227. The summed E-state index contributed by atoms with van der Waals surface area (Å²) < 4.78 is 0. The van der Waals surface area contributed by atoms with Crippen molar-refractivity contribution in [2.24, 2.45) is 0 Å². The standard InChI is InChI=1S/C22H22N4O/c27-21(26-13-11-18-8-4-5-9-19(18)16-26)20-14-24-22(25-15-20)23-12-10-17-6-2-1-3-7-17/h1-9,14-15H,10-13,16H2,(H,23,24,25). The summed E-state index contributed by atoms with van der Waals surface area (Å²) in [4.78, 5) is 23.2. The Morgan fingerprint density at radius 1 is 0.963 bits per heavy atom. The minimum absolute atomic E-state index is 0.0136. The van der Waals surface area contributed by atoms with E-state index in [0.717, 1.165) is 25.9 Å². The molecule has 136 valence electrons. The maximum atomic E-state index is 12.7. The summed E-state index contributed by atoms with van der Waals surface area (Å²) in [5.74, 6) is 0.534. The maximum absolute atomic E-state index is 12.7. The summed E-state index contributed by atoms with van der Waals surface area (Å²) in [5, 5.41) is 3.20. The molecular weight excluding hydrogens is 336 g/mol. The molecule has 1 amide bonds. The van der Waals surface area contributed by atoms with Crippen molar-refractivity contribution < 1.29 is 4.79 Å². The summed E-state index contributed by atoms with van der Waals surface area (Å²) >= 11 is 0. The van der Waals surface area contributed by atoms with Crippen LogP contribution in [0.4, 0.5) is 5.95 Å². The van der Waals surface area contributed by atoms with Gasteiger partial charge in [0.1, 0.15) is 0 Å². The Bertz CT molecular complexity index is 909. The average molecular weight is 358 g/mol. The first-order valence-electron chi connectivity index (χ1n) is 9.25. The first-order chi connectivity index (χ1) is 13.3.